The molecule has 11 aromatic rings. The summed E-state index contributed by atoms with van der Waals surface area (Å²) in [5.41, 5.74) is 14.6. The maximum atomic E-state index is 6.24. The van der Waals surface area contributed by atoms with E-state index in [-0.39, 0.29) is 0 Å². The monoisotopic (exact) mass is 739 g/mol. The van der Waals surface area contributed by atoms with Crippen molar-refractivity contribution in [3.8, 4) is 44.5 Å². The van der Waals surface area contributed by atoms with Crippen LogP contribution in [0.4, 0.5) is 17.1 Å². The van der Waals surface area contributed by atoms with Crippen molar-refractivity contribution >= 4 is 60.5 Å². The van der Waals surface area contributed by atoms with Crippen molar-refractivity contribution in [3.63, 3.8) is 0 Å². The third-order valence-electron chi connectivity index (χ3n) is 11.5. The van der Waals surface area contributed by atoms with Crippen LogP contribution in [0.15, 0.2) is 229 Å². The highest BCUT2D eigenvalue weighted by molar-refractivity contribution is 6.12. The van der Waals surface area contributed by atoms with E-state index in [1.165, 1.54) is 49.4 Å². The lowest BCUT2D eigenvalue weighted by Crippen LogP contribution is -2.10. The molecule has 58 heavy (non-hydrogen) atoms. The predicted octanol–water partition coefficient (Wildman–Crippen LogP) is 16.0. The Morgan fingerprint density at radius 1 is 0.276 bits per heavy atom. The Bertz CT molecular complexity index is 3260. The SMILES string of the molecule is c1cc(-c2ccc(-c3cccc4ccccc34)cc2)cc(N(c2ccc(-c3ccc4ccccc4c3)cc2)c2ccc(-c3cccc4oc5ccccc5c34)cc2)c1. The van der Waals surface area contributed by atoms with Crippen LogP contribution in [0.2, 0.25) is 0 Å². The molecule has 272 valence electrons. The quantitative estimate of drug-likeness (QED) is 0.162. The second-order valence-electron chi connectivity index (χ2n) is 14.9. The van der Waals surface area contributed by atoms with Crippen LogP contribution in [0.1, 0.15) is 0 Å². The molecule has 1 aromatic heterocycles. The molecule has 10 aromatic carbocycles. The van der Waals surface area contributed by atoms with Gasteiger partial charge in [0.05, 0.1) is 0 Å². The first-order valence-corrected chi connectivity index (χ1v) is 19.8. The molecule has 0 bridgehead atoms. The maximum Gasteiger partial charge on any atom is 0.136 e. The highest BCUT2D eigenvalue weighted by Gasteiger charge is 2.17. The first kappa shape index (κ1) is 33.6. The Balaban J connectivity index is 0.983. The van der Waals surface area contributed by atoms with Crippen molar-refractivity contribution in [3.05, 3.63) is 224 Å². The van der Waals surface area contributed by atoms with Gasteiger partial charge in [0.15, 0.2) is 0 Å². The van der Waals surface area contributed by atoms with E-state index in [1.807, 2.05) is 12.1 Å². The van der Waals surface area contributed by atoms with E-state index in [2.05, 4.69) is 217 Å². The van der Waals surface area contributed by atoms with Crippen LogP contribution >= 0.6 is 0 Å². The zero-order chi connectivity index (χ0) is 38.4. The molecular weight excluding hydrogens is 703 g/mol. The molecule has 0 spiro atoms. The number of benzene rings is 10. The lowest BCUT2D eigenvalue weighted by atomic mass is 9.96. The zero-order valence-electron chi connectivity index (χ0n) is 31.7. The lowest BCUT2D eigenvalue weighted by molar-refractivity contribution is 0.669. The topological polar surface area (TPSA) is 16.4 Å². The molecule has 0 radical (unpaired) electrons. The molecule has 0 aliphatic carbocycles. The number of para-hydroxylation sites is 1. The van der Waals surface area contributed by atoms with Gasteiger partial charge in [-0.1, -0.05) is 170 Å². The van der Waals surface area contributed by atoms with Gasteiger partial charge in [0, 0.05) is 27.8 Å². The van der Waals surface area contributed by atoms with Gasteiger partial charge in [-0.3, -0.25) is 0 Å². The summed E-state index contributed by atoms with van der Waals surface area (Å²) in [5, 5.41) is 7.29. The molecule has 0 aliphatic heterocycles. The zero-order valence-corrected chi connectivity index (χ0v) is 31.7. The summed E-state index contributed by atoms with van der Waals surface area (Å²) in [6, 6.07) is 80.7. The van der Waals surface area contributed by atoms with Crippen LogP contribution in [0.5, 0.6) is 0 Å². The van der Waals surface area contributed by atoms with Crippen LogP contribution < -0.4 is 4.90 Å². The van der Waals surface area contributed by atoms with E-state index in [4.69, 9.17) is 4.42 Å². The normalized spacial score (nSPS) is 11.4. The van der Waals surface area contributed by atoms with E-state index in [0.717, 1.165) is 55.7 Å². The van der Waals surface area contributed by atoms with E-state index < -0.39 is 0 Å². The van der Waals surface area contributed by atoms with Crippen LogP contribution in [0.25, 0.3) is 88.0 Å². The summed E-state index contributed by atoms with van der Waals surface area (Å²) in [6.45, 7) is 0. The smallest absolute Gasteiger partial charge is 0.136 e. The molecule has 2 heteroatoms. The van der Waals surface area contributed by atoms with Gasteiger partial charge < -0.3 is 9.32 Å². The number of hydrogen-bond donors (Lipinski definition) is 0. The molecule has 0 aliphatic rings. The summed E-state index contributed by atoms with van der Waals surface area (Å²) in [6.07, 6.45) is 0. The van der Waals surface area contributed by atoms with Gasteiger partial charge in [-0.2, -0.15) is 0 Å². The van der Waals surface area contributed by atoms with Gasteiger partial charge in [0.1, 0.15) is 11.2 Å². The Hall–Kier alpha value is -7.68. The van der Waals surface area contributed by atoms with Gasteiger partial charge in [-0.25, -0.2) is 0 Å². The molecule has 0 saturated heterocycles. The summed E-state index contributed by atoms with van der Waals surface area (Å²) in [5.74, 6) is 0. The number of nitrogens with zero attached hydrogens (tertiary/aromatic N) is 1. The molecule has 2 nitrogen and oxygen atoms in total. The molecule has 0 fully saturated rings. The third kappa shape index (κ3) is 6.00. The summed E-state index contributed by atoms with van der Waals surface area (Å²) >= 11 is 0. The van der Waals surface area contributed by atoms with E-state index in [0.29, 0.717) is 0 Å². The highest BCUT2D eigenvalue weighted by Crippen LogP contribution is 2.41. The molecule has 1 heterocycles. The average molecular weight is 740 g/mol. The second kappa shape index (κ2) is 14.1. The van der Waals surface area contributed by atoms with Crippen molar-refractivity contribution < 1.29 is 4.42 Å². The molecule has 0 amide bonds. The first-order valence-electron chi connectivity index (χ1n) is 19.8. The minimum absolute atomic E-state index is 0.901. The minimum atomic E-state index is 0.901. The summed E-state index contributed by atoms with van der Waals surface area (Å²) in [4.78, 5) is 2.36. The van der Waals surface area contributed by atoms with Gasteiger partial charge in [-0.15, -0.1) is 0 Å². The van der Waals surface area contributed by atoms with Crippen molar-refractivity contribution in [2.45, 2.75) is 0 Å². The van der Waals surface area contributed by atoms with E-state index in [9.17, 15) is 0 Å². The number of hydrogen-bond acceptors (Lipinski definition) is 2. The molecule has 0 unspecified atom stereocenters. The fourth-order valence-corrected chi connectivity index (χ4v) is 8.57. The molecule has 0 saturated carbocycles. The van der Waals surface area contributed by atoms with Gasteiger partial charge in [0.2, 0.25) is 0 Å². The number of fused-ring (bicyclic) bond motifs is 5. The minimum Gasteiger partial charge on any atom is -0.456 e. The highest BCUT2D eigenvalue weighted by atomic mass is 16.3. The van der Waals surface area contributed by atoms with Crippen molar-refractivity contribution in [1.29, 1.82) is 0 Å². The van der Waals surface area contributed by atoms with Crippen LogP contribution in [-0.2, 0) is 0 Å². The Morgan fingerprint density at radius 2 is 0.793 bits per heavy atom. The van der Waals surface area contributed by atoms with Crippen LogP contribution in [-0.4, -0.2) is 0 Å². The fraction of sp³-hybridized carbons (Fsp3) is 0. The van der Waals surface area contributed by atoms with Crippen LogP contribution in [0, 0.1) is 0 Å². The number of furan rings is 1. The summed E-state index contributed by atoms with van der Waals surface area (Å²) in [7, 11) is 0. The summed E-state index contributed by atoms with van der Waals surface area (Å²) < 4.78 is 6.24. The average Bonchev–Trinajstić information content (AvgIpc) is 3.69. The Morgan fingerprint density at radius 3 is 1.59 bits per heavy atom. The first-order chi connectivity index (χ1) is 28.7. The van der Waals surface area contributed by atoms with Gasteiger partial charge in [0.25, 0.3) is 0 Å². The molecular formula is C56H37NO. The van der Waals surface area contributed by atoms with E-state index >= 15 is 0 Å². The van der Waals surface area contributed by atoms with Crippen molar-refractivity contribution in [2.75, 3.05) is 4.90 Å². The van der Waals surface area contributed by atoms with Gasteiger partial charge >= 0.3 is 0 Å². The Kier molecular flexibility index (Phi) is 8.19. The van der Waals surface area contributed by atoms with Crippen LogP contribution in [0.3, 0.4) is 0 Å². The molecule has 0 N–H and O–H groups in total. The third-order valence-corrected chi connectivity index (χ3v) is 11.5. The molecule has 0 atom stereocenters. The van der Waals surface area contributed by atoms with Gasteiger partial charge in [-0.05, 0) is 121 Å². The Labute approximate surface area is 337 Å². The number of rotatable bonds is 7. The lowest BCUT2D eigenvalue weighted by Gasteiger charge is -2.26. The van der Waals surface area contributed by atoms with E-state index in [1.54, 1.807) is 0 Å². The van der Waals surface area contributed by atoms with Crippen molar-refractivity contribution in [1.82, 2.24) is 0 Å². The van der Waals surface area contributed by atoms with Crippen molar-refractivity contribution in [2.24, 2.45) is 0 Å². The predicted molar refractivity (Wildman–Crippen MR) is 245 cm³/mol. The number of anilines is 3. The largest absolute Gasteiger partial charge is 0.456 e. The second-order valence-corrected chi connectivity index (χ2v) is 14.9. The maximum absolute atomic E-state index is 6.24. The fourth-order valence-electron chi connectivity index (χ4n) is 8.57. The standard InChI is InChI=1S/C56H37NO/c1-2-12-44-36-46(27-24-38(44)10-1)40-28-32-47(33-29-40)57(48-34-30-43(31-35-48)52-19-9-21-55-56(52)53-17-5-6-20-54(53)58-55)49-15-7-14-45(37-49)39-22-25-42(26-23-39)51-18-8-13-41-11-3-4-16-50(41)51/h1-37H. The molecule has 11 rings (SSSR count).